The maximum Gasteiger partial charge on any atom is 0.331 e. The van der Waals surface area contributed by atoms with Gasteiger partial charge in [-0.05, 0) is 54.6 Å². The molecule has 3 aromatic carbocycles. The van der Waals surface area contributed by atoms with E-state index in [0.29, 0.717) is 4.90 Å². The second-order valence-corrected chi connectivity index (χ2v) is 6.99. The highest BCUT2D eigenvalue weighted by Gasteiger charge is 2.42. The van der Waals surface area contributed by atoms with Gasteiger partial charge in [0.2, 0.25) is 0 Å². The largest absolute Gasteiger partial charge is 0.425 e. The zero-order valence-electron chi connectivity index (χ0n) is 16.7. The molecule has 0 N–H and O–H groups in total. The first-order valence-corrected chi connectivity index (χ1v) is 9.51. The van der Waals surface area contributed by atoms with Gasteiger partial charge in [0.15, 0.2) is 5.78 Å². The molecule has 0 aliphatic carbocycles. The van der Waals surface area contributed by atoms with Gasteiger partial charge in [-0.15, -0.1) is 0 Å². The Hall–Kier alpha value is -4.73. The third-order valence-corrected chi connectivity index (χ3v) is 4.92. The van der Waals surface area contributed by atoms with Gasteiger partial charge in [0.25, 0.3) is 17.5 Å². The highest BCUT2D eigenvalue weighted by atomic mass is 19.1. The number of ketones is 1. The number of fused-ring (bicyclic) bond motifs is 1. The minimum absolute atomic E-state index is 0.0539. The first-order valence-electron chi connectivity index (χ1n) is 9.51. The smallest absolute Gasteiger partial charge is 0.331 e. The molecule has 1 heterocycles. The fourth-order valence-corrected chi connectivity index (χ4v) is 3.35. The first-order chi connectivity index (χ1) is 15.8. The van der Waals surface area contributed by atoms with Crippen LogP contribution >= 0.6 is 0 Å². The molecule has 164 valence electrons. The fourth-order valence-electron chi connectivity index (χ4n) is 3.35. The number of carbonyl (C=O) groups is 4. The lowest BCUT2D eigenvalue weighted by Gasteiger charge is -2.13. The van der Waals surface area contributed by atoms with Crippen molar-refractivity contribution in [3.05, 3.63) is 105 Å². The van der Waals surface area contributed by atoms with Gasteiger partial charge in [0.05, 0.1) is 10.5 Å². The van der Waals surface area contributed by atoms with Crippen molar-refractivity contribution in [2.45, 2.75) is 0 Å². The molecular weight excluding hydrogens is 435 g/mol. The highest BCUT2D eigenvalue weighted by molar-refractivity contribution is 6.24. The van der Waals surface area contributed by atoms with E-state index in [1.54, 1.807) is 0 Å². The number of halogens is 1. The van der Waals surface area contributed by atoms with Crippen molar-refractivity contribution in [2.24, 2.45) is 0 Å². The fraction of sp³-hybridized carbons (Fsp3) is 0.0435. The van der Waals surface area contributed by atoms with Crippen LogP contribution < -0.4 is 4.74 Å². The SMILES string of the molecule is O=C(CN1C(=O)c2cccc([N+](=O)[O-])c2C1=O)Oc1ccc(C(=O)c2ccc(F)cc2)cc1. The molecule has 2 amide bonds. The van der Waals surface area contributed by atoms with Crippen molar-refractivity contribution >= 4 is 29.3 Å². The van der Waals surface area contributed by atoms with E-state index in [1.807, 2.05) is 0 Å². The first kappa shape index (κ1) is 21.5. The number of imide groups is 1. The lowest BCUT2D eigenvalue weighted by atomic mass is 10.0. The van der Waals surface area contributed by atoms with Crippen LogP contribution in [0.25, 0.3) is 0 Å². The molecular formula is C23H13FN2O7. The summed E-state index contributed by atoms with van der Waals surface area (Å²) in [6, 6.07) is 14.2. The molecule has 10 heteroatoms. The summed E-state index contributed by atoms with van der Waals surface area (Å²) in [5, 5.41) is 11.2. The average Bonchev–Trinajstić information content (AvgIpc) is 3.04. The number of hydrogen-bond donors (Lipinski definition) is 0. The van der Waals surface area contributed by atoms with E-state index in [2.05, 4.69) is 0 Å². The van der Waals surface area contributed by atoms with E-state index in [1.165, 1.54) is 48.5 Å². The van der Waals surface area contributed by atoms with Gasteiger partial charge in [-0.1, -0.05) is 6.07 Å². The Labute approximate surface area is 185 Å². The molecule has 0 spiro atoms. The normalized spacial score (nSPS) is 12.5. The molecule has 0 bridgehead atoms. The Morgan fingerprint density at radius 2 is 1.52 bits per heavy atom. The van der Waals surface area contributed by atoms with Crippen molar-refractivity contribution in [1.29, 1.82) is 0 Å². The van der Waals surface area contributed by atoms with Crippen LogP contribution in [-0.4, -0.2) is 39.9 Å². The van der Waals surface area contributed by atoms with E-state index in [9.17, 15) is 33.7 Å². The third kappa shape index (κ3) is 4.09. The number of rotatable bonds is 6. The lowest BCUT2D eigenvalue weighted by molar-refractivity contribution is -0.385. The number of ether oxygens (including phenoxy) is 1. The number of hydrogen-bond acceptors (Lipinski definition) is 7. The standard InChI is InChI=1S/C23H13FN2O7/c24-15-8-4-13(5-9-15)21(28)14-6-10-16(11-7-14)33-19(27)12-25-22(29)17-2-1-3-18(26(31)32)20(17)23(25)30/h1-11H,12H2. The van der Waals surface area contributed by atoms with Gasteiger partial charge in [-0.3, -0.25) is 29.4 Å². The molecule has 4 rings (SSSR count). The topological polar surface area (TPSA) is 124 Å². The predicted molar refractivity (Wildman–Crippen MR) is 110 cm³/mol. The summed E-state index contributed by atoms with van der Waals surface area (Å²) in [6.07, 6.45) is 0. The van der Waals surface area contributed by atoms with E-state index in [0.717, 1.165) is 18.2 Å². The zero-order valence-corrected chi connectivity index (χ0v) is 16.7. The average molecular weight is 448 g/mol. The minimum atomic E-state index is -0.959. The molecule has 0 radical (unpaired) electrons. The second-order valence-electron chi connectivity index (χ2n) is 6.99. The van der Waals surface area contributed by atoms with Crippen LogP contribution in [0.1, 0.15) is 36.6 Å². The molecule has 0 saturated carbocycles. The Bertz CT molecular complexity index is 1320. The summed E-state index contributed by atoms with van der Waals surface area (Å²) in [7, 11) is 0. The zero-order chi connectivity index (χ0) is 23.7. The Morgan fingerprint density at radius 3 is 2.12 bits per heavy atom. The summed E-state index contributed by atoms with van der Waals surface area (Å²) in [5.74, 6) is -3.53. The Balaban J connectivity index is 1.44. The molecule has 0 unspecified atom stereocenters. The minimum Gasteiger partial charge on any atom is -0.425 e. The number of nitro benzene ring substituents is 1. The third-order valence-electron chi connectivity index (χ3n) is 4.92. The number of esters is 1. The van der Waals surface area contributed by atoms with Gasteiger partial charge in [0, 0.05) is 17.2 Å². The van der Waals surface area contributed by atoms with Crippen molar-refractivity contribution in [3.63, 3.8) is 0 Å². The molecule has 33 heavy (non-hydrogen) atoms. The maximum absolute atomic E-state index is 13.0. The van der Waals surface area contributed by atoms with E-state index < -0.39 is 40.8 Å². The monoisotopic (exact) mass is 448 g/mol. The molecule has 0 fully saturated rings. The van der Waals surface area contributed by atoms with E-state index in [4.69, 9.17) is 4.74 Å². The van der Waals surface area contributed by atoms with Crippen LogP contribution in [0.15, 0.2) is 66.7 Å². The Morgan fingerprint density at radius 1 is 0.909 bits per heavy atom. The van der Waals surface area contributed by atoms with Crippen LogP contribution in [0.5, 0.6) is 5.75 Å². The number of benzene rings is 3. The molecule has 3 aromatic rings. The number of carbonyl (C=O) groups excluding carboxylic acids is 4. The van der Waals surface area contributed by atoms with Crippen molar-refractivity contribution in [1.82, 2.24) is 4.90 Å². The van der Waals surface area contributed by atoms with Gasteiger partial charge >= 0.3 is 5.97 Å². The highest BCUT2D eigenvalue weighted by Crippen LogP contribution is 2.30. The van der Waals surface area contributed by atoms with Crippen LogP contribution in [-0.2, 0) is 4.79 Å². The molecule has 0 aromatic heterocycles. The van der Waals surface area contributed by atoms with Crippen LogP contribution in [0.4, 0.5) is 10.1 Å². The van der Waals surface area contributed by atoms with Crippen molar-refractivity contribution in [2.75, 3.05) is 6.54 Å². The summed E-state index contributed by atoms with van der Waals surface area (Å²) in [4.78, 5) is 60.7. The summed E-state index contributed by atoms with van der Waals surface area (Å²) < 4.78 is 18.1. The van der Waals surface area contributed by atoms with Gasteiger partial charge < -0.3 is 4.74 Å². The van der Waals surface area contributed by atoms with Crippen LogP contribution in [0.3, 0.4) is 0 Å². The summed E-state index contributed by atoms with van der Waals surface area (Å²) in [6.45, 7) is -0.750. The molecule has 1 aliphatic heterocycles. The quantitative estimate of drug-likeness (QED) is 0.142. The molecule has 0 saturated heterocycles. The van der Waals surface area contributed by atoms with Crippen LogP contribution in [0.2, 0.25) is 0 Å². The van der Waals surface area contributed by atoms with Crippen LogP contribution in [0, 0.1) is 15.9 Å². The number of nitro groups is 1. The van der Waals surface area contributed by atoms with Gasteiger partial charge in [0.1, 0.15) is 23.7 Å². The van der Waals surface area contributed by atoms with Gasteiger partial charge in [-0.2, -0.15) is 0 Å². The molecule has 9 nitrogen and oxygen atoms in total. The molecule has 1 aliphatic rings. The Kier molecular flexibility index (Phi) is 5.49. The number of nitrogens with zero attached hydrogens (tertiary/aromatic N) is 2. The number of amides is 2. The lowest BCUT2D eigenvalue weighted by Crippen LogP contribution is -2.36. The summed E-state index contributed by atoms with van der Waals surface area (Å²) in [5.41, 5.74) is -0.507. The predicted octanol–water partition coefficient (Wildman–Crippen LogP) is 3.17. The van der Waals surface area contributed by atoms with Crippen molar-refractivity contribution in [3.8, 4) is 5.75 Å². The van der Waals surface area contributed by atoms with Crippen molar-refractivity contribution < 1.29 is 33.2 Å². The van der Waals surface area contributed by atoms with E-state index in [-0.39, 0.29) is 33.8 Å². The molecule has 0 atom stereocenters. The van der Waals surface area contributed by atoms with E-state index >= 15 is 0 Å². The van der Waals surface area contributed by atoms with Gasteiger partial charge in [-0.25, -0.2) is 9.18 Å². The second kappa shape index (κ2) is 8.42. The maximum atomic E-state index is 13.0. The summed E-state index contributed by atoms with van der Waals surface area (Å²) >= 11 is 0.